The van der Waals surface area contributed by atoms with E-state index in [0.29, 0.717) is 24.1 Å². The van der Waals surface area contributed by atoms with Crippen LogP contribution in [0.4, 0.5) is 13.2 Å². The van der Waals surface area contributed by atoms with Crippen LogP contribution in [0.5, 0.6) is 5.75 Å². The Kier molecular flexibility index (Phi) is 7.26. The third-order valence-electron chi connectivity index (χ3n) is 3.43. The van der Waals surface area contributed by atoms with Gasteiger partial charge in [0, 0.05) is 18.5 Å². The Morgan fingerprint density at radius 2 is 1.96 bits per heavy atom. The van der Waals surface area contributed by atoms with E-state index in [0.717, 1.165) is 35.1 Å². The largest absolute Gasteiger partial charge is 0.508 e. The van der Waals surface area contributed by atoms with E-state index in [1.54, 1.807) is 12.1 Å². The van der Waals surface area contributed by atoms with Crippen LogP contribution in [0.1, 0.15) is 29.6 Å². The molecule has 0 aliphatic rings. The molecule has 5 nitrogen and oxygen atoms in total. The average Bonchev–Trinajstić information content (AvgIpc) is 3.07. The van der Waals surface area contributed by atoms with Crippen LogP contribution in [0.25, 0.3) is 0 Å². The summed E-state index contributed by atoms with van der Waals surface area (Å²) in [4.78, 5) is 7.84. The highest BCUT2D eigenvalue weighted by molar-refractivity contribution is 7.09. The summed E-state index contributed by atoms with van der Waals surface area (Å²) < 4.78 is 37.7. The summed E-state index contributed by atoms with van der Waals surface area (Å²) in [6.45, 7) is 3.32. The quantitative estimate of drug-likeness (QED) is 0.387. The van der Waals surface area contributed by atoms with Gasteiger partial charge in [0.2, 0.25) is 0 Å². The van der Waals surface area contributed by atoms with Crippen molar-refractivity contribution in [1.29, 1.82) is 0 Å². The maximum Gasteiger partial charge on any atom is 0.434 e. The van der Waals surface area contributed by atoms with E-state index in [9.17, 15) is 18.3 Å². The Bertz CT molecular complexity index is 714. The van der Waals surface area contributed by atoms with Crippen LogP contribution in [-0.2, 0) is 19.1 Å². The predicted octanol–water partition coefficient (Wildman–Crippen LogP) is 3.56. The Morgan fingerprint density at radius 3 is 2.58 bits per heavy atom. The highest BCUT2D eigenvalue weighted by Gasteiger charge is 2.33. The van der Waals surface area contributed by atoms with Crippen molar-refractivity contribution in [2.75, 3.05) is 13.1 Å². The summed E-state index contributed by atoms with van der Waals surface area (Å²) in [5, 5.41) is 16.8. The first-order valence-electron chi connectivity index (χ1n) is 8.20. The molecule has 0 aliphatic heterocycles. The van der Waals surface area contributed by atoms with E-state index in [1.165, 1.54) is 0 Å². The molecule has 0 fully saturated rings. The van der Waals surface area contributed by atoms with Crippen molar-refractivity contribution in [2.45, 2.75) is 32.5 Å². The van der Waals surface area contributed by atoms with E-state index in [4.69, 9.17) is 0 Å². The van der Waals surface area contributed by atoms with Gasteiger partial charge in [0.25, 0.3) is 0 Å². The minimum atomic E-state index is -4.42. The molecule has 0 radical (unpaired) electrons. The van der Waals surface area contributed by atoms with Crippen molar-refractivity contribution >= 4 is 17.3 Å². The molecule has 2 aromatic rings. The molecule has 3 N–H and O–H groups in total. The molecule has 1 heterocycles. The van der Waals surface area contributed by atoms with Crippen LogP contribution in [0.2, 0.25) is 0 Å². The first-order chi connectivity index (χ1) is 12.4. The number of nitrogens with one attached hydrogen (secondary N) is 2. The molecule has 0 unspecified atom stereocenters. The molecule has 0 spiro atoms. The number of aryl methyl sites for hydroxylation is 1. The number of alkyl halides is 3. The van der Waals surface area contributed by atoms with Crippen molar-refractivity contribution in [3.05, 3.63) is 45.9 Å². The van der Waals surface area contributed by atoms with E-state index < -0.39 is 11.9 Å². The summed E-state index contributed by atoms with van der Waals surface area (Å²) in [7, 11) is 0. The molecule has 1 aromatic heterocycles. The maximum absolute atomic E-state index is 12.6. The molecular formula is C17H21F3N4OS. The lowest BCUT2D eigenvalue weighted by molar-refractivity contribution is -0.140. The second-order valence-electron chi connectivity index (χ2n) is 5.52. The highest BCUT2D eigenvalue weighted by atomic mass is 32.1. The number of benzene rings is 1. The highest BCUT2D eigenvalue weighted by Crippen LogP contribution is 2.30. The fourth-order valence-electron chi connectivity index (χ4n) is 2.16. The monoisotopic (exact) mass is 386 g/mol. The van der Waals surface area contributed by atoms with Gasteiger partial charge in [0.1, 0.15) is 10.8 Å². The number of guanidine groups is 1. The van der Waals surface area contributed by atoms with Gasteiger partial charge >= 0.3 is 6.18 Å². The van der Waals surface area contributed by atoms with Crippen LogP contribution in [-0.4, -0.2) is 29.1 Å². The van der Waals surface area contributed by atoms with Crippen LogP contribution in [0, 0.1) is 0 Å². The standard InChI is InChI=1S/C17H21F3N4OS/c1-2-21-16(22-9-3-4-12-5-7-13(25)8-6-12)23-10-15-24-14(11-26-15)17(18,19)20/h5-8,11,25H,2-4,9-10H2,1H3,(H2,21,22,23). The number of phenols is 1. The first kappa shape index (κ1) is 20.0. The summed E-state index contributed by atoms with van der Waals surface area (Å²) >= 11 is 0.949. The molecule has 2 rings (SSSR count). The number of aromatic hydroxyl groups is 1. The topological polar surface area (TPSA) is 69.5 Å². The SMILES string of the molecule is CCNC(=NCc1nc(C(F)(F)F)cs1)NCCCc1ccc(O)cc1. The van der Waals surface area contributed by atoms with Gasteiger partial charge in [-0.15, -0.1) is 11.3 Å². The zero-order valence-corrected chi connectivity index (χ0v) is 15.1. The van der Waals surface area contributed by atoms with Crippen molar-refractivity contribution in [2.24, 2.45) is 4.99 Å². The van der Waals surface area contributed by atoms with Gasteiger partial charge in [0.15, 0.2) is 11.7 Å². The lowest BCUT2D eigenvalue weighted by Crippen LogP contribution is -2.37. The fourth-order valence-corrected chi connectivity index (χ4v) is 2.89. The average molecular weight is 386 g/mol. The number of hydrogen-bond acceptors (Lipinski definition) is 4. The van der Waals surface area contributed by atoms with Crippen LogP contribution in [0.3, 0.4) is 0 Å². The number of phenolic OH excluding ortho intramolecular Hbond substituents is 1. The molecule has 0 saturated heterocycles. The minimum Gasteiger partial charge on any atom is -0.508 e. The molecule has 9 heteroatoms. The van der Waals surface area contributed by atoms with Gasteiger partial charge in [-0.1, -0.05) is 12.1 Å². The molecule has 0 atom stereocenters. The van der Waals surface area contributed by atoms with Crippen molar-refractivity contribution in [3.8, 4) is 5.75 Å². The third kappa shape index (κ3) is 6.55. The summed E-state index contributed by atoms with van der Waals surface area (Å²) in [5.74, 6) is 0.784. The summed E-state index contributed by atoms with van der Waals surface area (Å²) in [6, 6.07) is 7.04. The van der Waals surface area contributed by atoms with Gasteiger partial charge < -0.3 is 15.7 Å². The molecule has 0 bridgehead atoms. The fraction of sp³-hybridized carbons (Fsp3) is 0.412. The van der Waals surface area contributed by atoms with Gasteiger partial charge in [-0.3, -0.25) is 0 Å². The molecule has 0 amide bonds. The van der Waals surface area contributed by atoms with E-state index >= 15 is 0 Å². The van der Waals surface area contributed by atoms with E-state index in [1.807, 2.05) is 19.1 Å². The van der Waals surface area contributed by atoms with Crippen LogP contribution < -0.4 is 10.6 Å². The Balaban J connectivity index is 1.82. The normalized spacial score (nSPS) is 12.2. The molecular weight excluding hydrogens is 365 g/mol. The molecule has 142 valence electrons. The smallest absolute Gasteiger partial charge is 0.434 e. The number of aromatic nitrogens is 1. The Morgan fingerprint density at radius 1 is 1.23 bits per heavy atom. The van der Waals surface area contributed by atoms with Crippen molar-refractivity contribution in [1.82, 2.24) is 15.6 Å². The number of hydrogen-bond donors (Lipinski definition) is 3. The molecule has 0 aliphatic carbocycles. The van der Waals surface area contributed by atoms with Gasteiger partial charge in [0.05, 0.1) is 6.54 Å². The van der Waals surface area contributed by atoms with Gasteiger partial charge in [-0.2, -0.15) is 13.2 Å². The third-order valence-corrected chi connectivity index (χ3v) is 4.26. The lowest BCUT2D eigenvalue weighted by Gasteiger charge is -2.11. The molecule has 26 heavy (non-hydrogen) atoms. The van der Waals surface area contributed by atoms with Crippen LogP contribution >= 0.6 is 11.3 Å². The predicted molar refractivity (Wildman–Crippen MR) is 96.4 cm³/mol. The Hall–Kier alpha value is -2.29. The Labute approximate surface area is 154 Å². The molecule has 1 aromatic carbocycles. The van der Waals surface area contributed by atoms with Gasteiger partial charge in [-0.05, 0) is 37.5 Å². The number of rotatable bonds is 7. The van der Waals surface area contributed by atoms with Crippen molar-refractivity contribution in [3.63, 3.8) is 0 Å². The lowest BCUT2D eigenvalue weighted by atomic mass is 10.1. The second kappa shape index (κ2) is 9.42. The zero-order chi connectivity index (χ0) is 19.0. The minimum absolute atomic E-state index is 0.0913. The number of halogens is 3. The number of nitrogens with zero attached hydrogens (tertiary/aromatic N) is 2. The molecule has 0 saturated carbocycles. The number of aliphatic imine (C=N–C) groups is 1. The van der Waals surface area contributed by atoms with Gasteiger partial charge in [-0.25, -0.2) is 9.98 Å². The van der Waals surface area contributed by atoms with E-state index in [2.05, 4.69) is 20.6 Å². The second-order valence-corrected chi connectivity index (χ2v) is 6.46. The maximum atomic E-state index is 12.6. The summed E-state index contributed by atoms with van der Waals surface area (Å²) in [6.07, 6.45) is -2.73. The zero-order valence-electron chi connectivity index (χ0n) is 14.3. The van der Waals surface area contributed by atoms with E-state index in [-0.39, 0.29) is 12.3 Å². The van der Waals surface area contributed by atoms with Crippen molar-refractivity contribution < 1.29 is 18.3 Å². The number of thiazole rings is 1. The van der Waals surface area contributed by atoms with Crippen LogP contribution in [0.15, 0.2) is 34.6 Å². The summed E-state index contributed by atoms with van der Waals surface area (Å²) in [5.41, 5.74) is 0.244. The first-order valence-corrected chi connectivity index (χ1v) is 9.08.